The molecule has 0 aliphatic carbocycles. The molecule has 6 nitrogen and oxygen atoms in total. The van der Waals surface area contributed by atoms with E-state index in [1.165, 1.54) is 6.92 Å². The van der Waals surface area contributed by atoms with Gasteiger partial charge >= 0.3 is 11.9 Å². The van der Waals surface area contributed by atoms with E-state index in [9.17, 15) is 9.59 Å². The maximum absolute atomic E-state index is 12.3. The molecule has 0 radical (unpaired) electrons. The SMILES string of the molecule is C=C(C(=O)OC(C)(C)C)C(OC(C)=O)c1cc(-c2ccc(C)cc2)no1. The Kier molecular flexibility index (Phi) is 5.65. The van der Waals surface area contributed by atoms with Gasteiger partial charge in [-0.2, -0.15) is 0 Å². The predicted molar refractivity (Wildman–Crippen MR) is 96.2 cm³/mol. The Morgan fingerprint density at radius 2 is 1.81 bits per heavy atom. The van der Waals surface area contributed by atoms with Crippen molar-refractivity contribution < 1.29 is 23.6 Å². The summed E-state index contributed by atoms with van der Waals surface area (Å²) in [5, 5.41) is 4.00. The molecule has 2 aromatic rings. The minimum atomic E-state index is -1.10. The lowest BCUT2D eigenvalue weighted by molar-refractivity contribution is -0.154. The third-order valence-electron chi connectivity index (χ3n) is 3.40. The van der Waals surface area contributed by atoms with Crippen molar-refractivity contribution in [3.05, 3.63) is 53.8 Å². The number of aromatic nitrogens is 1. The number of rotatable bonds is 5. The van der Waals surface area contributed by atoms with Gasteiger partial charge in [0.2, 0.25) is 0 Å². The lowest BCUT2D eigenvalue weighted by Crippen LogP contribution is -2.27. The third kappa shape index (κ3) is 5.05. The third-order valence-corrected chi connectivity index (χ3v) is 3.40. The van der Waals surface area contributed by atoms with Gasteiger partial charge < -0.3 is 14.0 Å². The summed E-state index contributed by atoms with van der Waals surface area (Å²) in [5.74, 6) is -1.04. The van der Waals surface area contributed by atoms with Gasteiger partial charge in [-0.1, -0.05) is 41.6 Å². The van der Waals surface area contributed by atoms with Crippen molar-refractivity contribution in [1.29, 1.82) is 0 Å². The molecule has 26 heavy (non-hydrogen) atoms. The van der Waals surface area contributed by atoms with Gasteiger partial charge in [-0.25, -0.2) is 4.79 Å². The summed E-state index contributed by atoms with van der Waals surface area (Å²) in [6, 6.07) is 9.33. The van der Waals surface area contributed by atoms with Gasteiger partial charge in [-0.3, -0.25) is 4.79 Å². The van der Waals surface area contributed by atoms with E-state index in [-0.39, 0.29) is 11.3 Å². The molecule has 0 amide bonds. The number of hydrogen-bond acceptors (Lipinski definition) is 6. The molecule has 0 bridgehead atoms. The second kappa shape index (κ2) is 7.56. The first kappa shape index (κ1) is 19.4. The number of benzene rings is 1. The molecule has 2 rings (SSSR count). The number of nitrogens with zero attached hydrogens (tertiary/aromatic N) is 1. The number of aryl methyl sites for hydroxylation is 1. The van der Waals surface area contributed by atoms with Crippen LogP contribution in [0.2, 0.25) is 0 Å². The van der Waals surface area contributed by atoms with Crippen LogP contribution in [-0.2, 0) is 19.1 Å². The first-order chi connectivity index (χ1) is 12.1. The van der Waals surface area contributed by atoms with Crippen molar-refractivity contribution in [2.24, 2.45) is 0 Å². The topological polar surface area (TPSA) is 78.6 Å². The molecule has 0 aliphatic heterocycles. The van der Waals surface area contributed by atoms with Gasteiger partial charge in [0.05, 0.1) is 5.57 Å². The smallest absolute Gasteiger partial charge is 0.338 e. The van der Waals surface area contributed by atoms with E-state index in [0.29, 0.717) is 5.69 Å². The number of carbonyl (C=O) groups is 2. The standard InChI is InChI=1S/C20H23NO5/c1-12-7-9-15(10-8-12)16-11-17(26-21-16)18(24-14(3)22)13(2)19(23)25-20(4,5)6/h7-11,18H,2H2,1,3-6H3. The monoisotopic (exact) mass is 357 g/mol. The number of carbonyl (C=O) groups excluding carboxylic acids is 2. The molecular weight excluding hydrogens is 334 g/mol. The highest BCUT2D eigenvalue weighted by atomic mass is 16.6. The highest BCUT2D eigenvalue weighted by molar-refractivity contribution is 5.90. The van der Waals surface area contributed by atoms with Crippen molar-refractivity contribution in [2.45, 2.75) is 46.3 Å². The van der Waals surface area contributed by atoms with Gasteiger partial charge in [-0.05, 0) is 27.7 Å². The minimum absolute atomic E-state index is 0.0401. The van der Waals surface area contributed by atoms with E-state index in [1.54, 1.807) is 26.8 Å². The lowest BCUT2D eigenvalue weighted by Gasteiger charge is -2.22. The molecule has 0 aliphatic rings. The van der Waals surface area contributed by atoms with Crippen LogP contribution in [0.5, 0.6) is 0 Å². The Bertz CT molecular complexity index is 811. The highest BCUT2D eigenvalue weighted by Gasteiger charge is 2.31. The zero-order chi connectivity index (χ0) is 19.5. The van der Waals surface area contributed by atoms with Crippen molar-refractivity contribution >= 4 is 11.9 Å². The van der Waals surface area contributed by atoms with Crippen LogP contribution >= 0.6 is 0 Å². The van der Waals surface area contributed by atoms with Crippen molar-refractivity contribution in [3.8, 4) is 11.3 Å². The highest BCUT2D eigenvalue weighted by Crippen LogP contribution is 2.30. The Morgan fingerprint density at radius 3 is 2.35 bits per heavy atom. The molecule has 1 heterocycles. The molecule has 6 heteroatoms. The van der Waals surface area contributed by atoms with E-state index < -0.39 is 23.6 Å². The zero-order valence-corrected chi connectivity index (χ0v) is 15.7. The van der Waals surface area contributed by atoms with Crippen molar-refractivity contribution in [2.75, 3.05) is 0 Å². The van der Waals surface area contributed by atoms with E-state index in [2.05, 4.69) is 11.7 Å². The molecule has 1 atom stereocenters. The zero-order valence-electron chi connectivity index (χ0n) is 15.7. The van der Waals surface area contributed by atoms with E-state index in [0.717, 1.165) is 11.1 Å². The Morgan fingerprint density at radius 1 is 1.19 bits per heavy atom. The summed E-state index contributed by atoms with van der Waals surface area (Å²) in [5.41, 5.74) is 1.79. The van der Waals surface area contributed by atoms with E-state index in [1.807, 2.05) is 31.2 Å². The Balaban J connectivity index is 2.30. The van der Waals surface area contributed by atoms with Gasteiger partial charge in [0, 0.05) is 18.6 Å². The second-order valence-corrected chi connectivity index (χ2v) is 7.00. The summed E-state index contributed by atoms with van der Waals surface area (Å²) in [7, 11) is 0. The van der Waals surface area contributed by atoms with Crippen LogP contribution in [0, 0.1) is 6.92 Å². The molecular formula is C20H23NO5. The molecule has 0 saturated heterocycles. The molecule has 0 saturated carbocycles. The first-order valence-electron chi connectivity index (χ1n) is 8.20. The summed E-state index contributed by atoms with van der Waals surface area (Å²) in [4.78, 5) is 23.8. The molecule has 0 spiro atoms. The lowest BCUT2D eigenvalue weighted by atomic mass is 10.1. The average molecular weight is 357 g/mol. The number of esters is 2. The summed E-state index contributed by atoms with van der Waals surface area (Å²) in [6.45, 7) is 12.2. The predicted octanol–water partition coefficient (Wildman–Crippen LogP) is 4.15. The van der Waals surface area contributed by atoms with Crippen LogP contribution in [0.3, 0.4) is 0 Å². The maximum Gasteiger partial charge on any atom is 0.338 e. The van der Waals surface area contributed by atoms with Crippen molar-refractivity contribution in [3.63, 3.8) is 0 Å². The number of ether oxygens (including phenoxy) is 2. The normalized spacial score (nSPS) is 12.3. The van der Waals surface area contributed by atoms with Gasteiger partial charge in [0.15, 0.2) is 11.9 Å². The first-order valence-corrected chi connectivity index (χ1v) is 8.20. The summed E-state index contributed by atoms with van der Waals surface area (Å²) < 4.78 is 15.8. The molecule has 1 unspecified atom stereocenters. The van der Waals surface area contributed by atoms with Crippen LogP contribution in [0.1, 0.15) is 45.1 Å². The van der Waals surface area contributed by atoms with Crippen molar-refractivity contribution in [1.82, 2.24) is 5.16 Å². The van der Waals surface area contributed by atoms with Gasteiger partial charge in [-0.15, -0.1) is 0 Å². The van der Waals surface area contributed by atoms with Gasteiger partial charge in [0.25, 0.3) is 0 Å². The van der Waals surface area contributed by atoms with Crippen LogP contribution in [0.15, 0.2) is 47.0 Å². The summed E-state index contributed by atoms with van der Waals surface area (Å²) >= 11 is 0. The molecule has 1 aromatic heterocycles. The van der Waals surface area contributed by atoms with Crippen LogP contribution in [-0.4, -0.2) is 22.7 Å². The fourth-order valence-corrected chi connectivity index (χ4v) is 2.19. The van der Waals surface area contributed by atoms with Crippen LogP contribution < -0.4 is 0 Å². The Labute approximate surface area is 152 Å². The molecule has 0 fully saturated rings. The van der Waals surface area contributed by atoms with E-state index >= 15 is 0 Å². The van der Waals surface area contributed by atoms with Gasteiger partial charge in [0.1, 0.15) is 11.3 Å². The fourth-order valence-electron chi connectivity index (χ4n) is 2.19. The Hall–Kier alpha value is -2.89. The minimum Gasteiger partial charge on any atom is -0.457 e. The van der Waals surface area contributed by atoms with Crippen LogP contribution in [0.25, 0.3) is 11.3 Å². The fraction of sp³-hybridized carbons (Fsp3) is 0.350. The largest absolute Gasteiger partial charge is 0.457 e. The maximum atomic E-state index is 12.3. The molecule has 138 valence electrons. The second-order valence-electron chi connectivity index (χ2n) is 7.00. The molecule has 1 aromatic carbocycles. The summed E-state index contributed by atoms with van der Waals surface area (Å²) in [6.07, 6.45) is -1.10. The number of hydrogen-bond donors (Lipinski definition) is 0. The molecule has 0 N–H and O–H groups in total. The van der Waals surface area contributed by atoms with Crippen LogP contribution in [0.4, 0.5) is 0 Å². The van der Waals surface area contributed by atoms with E-state index in [4.69, 9.17) is 14.0 Å². The quantitative estimate of drug-likeness (QED) is 0.591. The average Bonchev–Trinajstić information content (AvgIpc) is 3.00.